The molecule has 2 aliphatic rings. The van der Waals surface area contributed by atoms with E-state index in [9.17, 15) is 4.79 Å². The number of quaternary nitrogens is 1. The SMILES string of the molecule is O=C(OCC[NH+]1CCOCC1)C1c2ccccc2Cc2ccccc21. The maximum absolute atomic E-state index is 12.9. The van der Waals surface area contributed by atoms with Crippen molar-refractivity contribution in [2.45, 2.75) is 12.3 Å². The van der Waals surface area contributed by atoms with Gasteiger partial charge in [-0.1, -0.05) is 48.5 Å². The van der Waals surface area contributed by atoms with Crippen LogP contribution in [0.25, 0.3) is 0 Å². The molecule has 0 unspecified atom stereocenters. The summed E-state index contributed by atoms with van der Waals surface area (Å²) in [6, 6.07) is 16.4. The first kappa shape index (κ1) is 16.3. The third kappa shape index (κ3) is 3.46. The van der Waals surface area contributed by atoms with Crippen LogP contribution < -0.4 is 4.90 Å². The van der Waals surface area contributed by atoms with Gasteiger partial charge >= 0.3 is 5.97 Å². The van der Waals surface area contributed by atoms with E-state index in [1.165, 1.54) is 16.0 Å². The Bertz CT molecular complexity index is 707. The van der Waals surface area contributed by atoms with Crippen LogP contribution in [0, 0.1) is 0 Å². The smallest absolute Gasteiger partial charge is 0.318 e. The van der Waals surface area contributed by atoms with E-state index in [2.05, 4.69) is 24.3 Å². The van der Waals surface area contributed by atoms with Crippen molar-refractivity contribution < 1.29 is 19.2 Å². The summed E-state index contributed by atoms with van der Waals surface area (Å²) >= 11 is 0. The van der Waals surface area contributed by atoms with E-state index in [0.717, 1.165) is 50.4 Å². The summed E-state index contributed by atoms with van der Waals surface area (Å²) in [6.45, 7) is 4.90. The van der Waals surface area contributed by atoms with Gasteiger partial charge in [0, 0.05) is 0 Å². The molecule has 4 nitrogen and oxygen atoms in total. The number of morpholine rings is 1. The van der Waals surface area contributed by atoms with Gasteiger partial charge in [0.25, 0.3) is 0 Å². The van der Waals surface area contributed by atoms with Gasteiger partial charge in [-0.3, -0.25) is 4.79 Å². The number of rotatable bonds is 4. The van der Waals surface area contributed by atoms with Gasteiger partial charge in [0.15, 0.2) is 0 Å². The first-order valence-corrected chi connectivity index (χ1v) is 9.06. The molecule has 0 bridgehead atoms. The van der Waals surface area contributed by atoms with E-state index in [4.69, 9.17) is 9.47 Å². The van der Waals surface area contributed by atoms with Gasteiger partial charge in [-0.05, 0) is 28.7 Å². The Morgan fingerprint density at radius 3 is 2.24 bits per heavy atom. The molecule has 0 spiro atoms. The fourth-order valence-corrected chi connectivity index (χ4v) is 3.87. The molecule has 1 fully saturated rings. The van der Waals surface area contributed by atoms with E-state index >= 15 is 0 Å². The number of carbonyl (C=O) groups excluding carboxylic acids is 1. The van der Waals surface area contributed by atoms with Gasteiger partial charge < -0.3 is 14.4 Å². The molecule has 130 valence electrons. The van der Waals surface area contributed by atoms with Crippen molar-refractivity contribution in [2.75, 3.05) is 39.5 Å². The molecule has 4 heteroatoms. The van der Waals surface area contributed by atoms with Gasteiger partial charge in [-0.25, -0.2) is 0 Å². The van der Waals surface area contributed by atoms with Crippen LogP contribution in [0.4, 0.5) is 0 Å². The summed E-state index contributed by atoms with van der Waals surface area (Å²) in [4.78, 5) is 14.4. The number of ether oxygens (including phenoxy) is 2. The van der Waals surface area contributed by atoms with E-state index in [0.29, 0.717) is 6.61 Å². The Labute approximate surface area is 148 Å². The predicted octanol–water partition coefficient (Wildman–Crippen LogP) is 1.18. The molecule has 25 heavy (non-hydrogen) atoms. The molecule has 0 atom stereocenters. The number of benzene rings is 2. The topological polar surface area (TPSA) is 40.0 Å². The van der Waals surface area contributed by atoms with Crippen molar-refractivity contribution in [3.63, 3.8) is 0 Å². The lowest BCUT2D eigenvalue weighted by Gasteiger charge is -2.27. The third-order valence-corrected chi connectivity index (χ3v) is 5.25. The average Bonchev–Trinajstić information content (AvgIpc) is 2.66. The number of carbonyl (C=O) groups is 1. The minimum Gasteiger partial charge on any atom is -0.459 e. The molecule has 1 aliphatic heterocycles. The van der Waals surface area contributed by atoms with E-state index in [1.54, 1.807) is 0 Å². The van der Waals surface area contributed by atoms with Gasteiger partial charge in [-0.15, -0.1) is 0 Å². The second-order valence-electron chi connectivity index (χ2n) is 6.79. The van der Waals surface area contributed by atoms with Crippen LogP contribution in [-0.2, 0) is 20.7 Å². The molecule has 1 N–H and O–H groups in total. The monoisotopic (exact) mass is 338 g/mol. The molecule has 4 rings (SSSR count). The Balaban J connectivity index is 1.49. The first-order valence-electron chi connectivity index (χ1n) is 9.06. The Hall–Kier alpha value is -2.17. The highest BCUT2D eigenvalue weighted by Crippen LogP contribution is 2.37. The minimum absolute atomic E-state index is 0.132. The highest BCUT2D eigenvalue weighted by molar-refractivity contribution is 5.84. The van der Waals surface area contributed by atoms with Crippen LogP contribution in [0.3, 0.4) is 0 Å². The van der Waals surface area contributed by atoms with Crippen molar-refractivity contribution in [3.8, 4) is 0 Å². The molecule has 1 heterocycles. The van der Waals surface area contributed by atoms with Crippen LogP contribution in [0.15, 0.2) is 48.5 Å². The Kier molecular flexibility index (Phi) is 4.81. The fraction of sp³-hybridized carbons (Fsp3) is 0.381. The zero-order valence-corrected chi connectivity index (χ0v) is 14.4. The highest BCUT2D eigenvalue weighted by Gasteiger charge is 2.32. The number of hydrogen-bond donors (Lipinski definition) is 1. The van der Waals surface area contributed by atoms with Gasteiger partial charge in [0.05, 0.1) is 13.2 Å². The zero-order valence-electron chi connectivity index (χ0n) is 14.4. The maximum Gasteiger partial charge on any atom is 0.318 e. The fourth-order valence-electron chi connectivity index (χ4n) is 3.87. The number of hydrogen-bond acceptors (Lipinski definition) is 3. The van der Waals surface area contributed by atoms with Crippen LogP contribution in [0.5, 0.6) is 0 Å². The quantitative estimate of drug-likeness (QED) is 0.851. The summed E-state index contributed by atoms with van der Waals surface area (Å²) in [6.07, 6.45) is 0.883. The molecule has 1 aliphatic carbocycles. The number of nitrogens with one attached hydrogen (secondary N) is 1. The Morgan fingerprint density at radius 1 is 1.00 bits per heavy atom. The second-order valence-corrected chi connectivity index (χ2v) is 6.79. The third-order valence-electron chi connectivity index (χ3n) is 5.25. The molecule has 2 aromatic carbocycles. The second kappa shape index (κ2) is 7.38. The molecular weight excluding hydrogens is 314 g/mol. The lowest BCUT2D eigenvalue weighted by molar-refractivity contribution is -0.908. The molecule has 1 saturated heterocycles. The van der Waals surface area contributed by atoms with E-state index in [-0.39, 0.29) is 11.9 Å². The summed E-state index contributed by atoms with van der Waals surface area (Å²) in [5, 5.41) is 0. The lowest BCUT2D eigenvalue weighted by atomic mass is 9.78. The predicted molar refractivity (Wildman–Crippen MR) is 94.9 cm³/mol. The zero-order chi connectivity index (χ0) is 17.1. The largest absolute Gasteiger partial charge is 0.459 e. The average molecular weight is 338 g/mol. The molecular formula is C21H24NO3+. The Morgan fingerprint density at radius 2 is 1.60 bits per heavy atom. The van der Waals surface area contributed by atoms with Crippen molar-refractivity contribution >= 4 is 5.97 Å². The maximum atomic E-state index is 12.9. The first-order chi connectivity index (χ1) is 12.3. The summed E-state index contributed by atoms with van der Waals surface area (Å²) in [5.41, 5.74) is 4.62. The van der Waals surface area contributed by atoms with Gasteiger partial charge in [0.1, 0.15) is 32.2 Å². The highest BCUT2D eigenvalue weighted by atomic mass is 16.5. The number of esters is 1. The van der Waals surface area contributed by atoms with Crippen molar-refractivity contribution in [1.29, 1.82) is 0 Å². The van der Waals surface area contributed by atoms with Gasteiger partial charge in [0.2, 0.25) is 0 Å². The standard InChI is InChI=1S/C21H23NO3/c23-21(25-14-11-22-9-12-24-13-10-22)20-18-7-3-1-5-16(18)15-17-6-2-4-8-19(17)20/h1-8,20H,9-15H2/p+1. The van der Waals surface area contributed by atoms with E-state index in [1.807, 2.05) is 24.3 Å². The lowest BCUT2D eigenvalue weighted by Crippen LogP contribution is -3.14. The summed E-state index contributed by atoms with van der Waals surface area (Å²) in [7, 11) is 0. The molecule has 0 aromatic heterocycles. The van der Waals surface area contributed by atoms with Crippen molar-refractivity contribution in [3.05, 3.63) is 70.8 Å². The summed E-state index contributed by atoms with van der Waals surface area (Å²) < 4.78 is 11.1. The van der Waals surface area contributed by atoms with Crippen LogP contribution in [0.1, 0.15) is 28.2 Å². The minimum atomic E-state index is -0.305. The van der Waals surface area contributed by atoms with Crippen LogP contribution >= 0.6 is 0 Å². The molecule has 0 radical (unpaired) electrons. The van der Waals surface area contributed by atoms with Crippen LogP contribution in [0.2, 0.25) is 0 Å². The molecule has 2 aromatic rings. The normalized spacial score (nSPS) is 17.6. The van der Waals surface area contributed by atoms with Crippen molar-refractivity contribution in [1.82, 2.24) is 0 Å². The number of fused-ring (bicyclic) bond motifs is 2. The molecule has 0 amide bonds. The molecule has 0 saturated carbocycles. The van der Waals surface area contributed by atoms with Gasteiger partial charge in [-0.2, -0.15) is 0 Å². The van der Waals surface area contributed by atoms with Crippen LogP contribution in [-0.4, -0.2) is 45.4 Å². The van der Waals surface area contributed by atoms with E-state index < -0.39 is 0 Å². The summed E-state index contributed by atoms with van der Waals surface area (Å²) in [5.74, 6) is -0.437. The van der Waals surface area contributed by atoms with Crippen molar-refractivity contribution in [2.24, 2.45) is 0 Å².